The number of hydrogen-bond acceptors (Lipinski definition) is 6. The van der Waals surface area contributed by atoms with Gasteiger partial charge in [0.2, 0.25) is 11.7 Å². The topological polar surface area (TPSA) is 90.3 Å². The summed E-state index contributed by atoms with van der Waals surface area (Å²) in [4.78, 5) is 44.7. The molecule has 1 amide bonds. The Balaban J connectivity index is 1.76. The van der Waals surface area contributed by atoms with Crippen LogP contribution in [0.25, 0.3) is 10.2 Å². The number of aromatic nitrogens is 2. The molecule has 0 spiro atoms. The van der Waals surface area contributed by atoms with Crippen LogP contribution >= 0.6 is 11.3 Å². The molecule has 2 aromatic heterocycles. The summed E-state index contributed by atoms with van der Waals surface area (Å²) >= 11 is 1.46. The summed E-state index contributed by atoms with van der Waals surface area (Å²) in [5, 5.41) is 3.32. The second kappa shape index (κ2) is 8.39. The Bertz CT molecular complexity index is 1200. The number of hydrogen-bond donors (Lipinski definition) is 1. The molecule has 7 nitrogen and oxygen atoms in total. The molecule has 8 heteroatoms. The largest absolute Gasteiger partial charge is 0.460 e. The van der Waals surface area contributed by atoms with Gasteiger partial charge in [0.25, 0.3) is 5.56 Å². The number of amides is 1. The van der Waals surface area contributed by atoms with Gasteiger partial charge in [-0.1, -0.05) is 12.1 Å². The molecule has 0 aliphatic heterocycles. The summed E-state index contributed by atoms with van der Waals surface area (Å²) in [6.45, 7) is 3.46. The van der Waals surface area contributed by atoms with Crippen molar-refractivity contribution in [2.75, 3.05) is 11.9 Å². The summed E-state index contributed by atoms with van der Waals surface area (Å²) in [6.07, 6.45) is 3.84. The number of nitrogens with one attached hydrogen (secondary N) is 1. The summed E-state index contributed by atoms with van der Waals surface area (Å²) < 4.78 is 6.25. The fourth-order valence-electron chi connectivity index (χ4n) is 3.80. The average molecular weight is 426 g/mol. The van der Waals surface area contributed by atoms with Crippen molar-refractivity contribution in [3.8, 4) is 0 Å². The summed E-state index contributed by atoms with van der Waals surface area (Å²) in [5.74, 6) is -1.24. The van der Waals surface area contributed by atoms with Gasteiger partial charge in [-0.3, -0.25) is 14.2 Å². The number of carbonyl (C=O) groups is 2. The Morgan fingerprint density at radius 2 is 2.07 bits per heavy atom. The van der Waals surface area contributed by atoms with Crippen LogP contribution in [0, 0.1) is 6.92 Å². The third-order valence-corrected chi connectivity index (χ3v) is 6.32. The lowest BCUT2D eigenvalue weighted by molar-refractivity contribution is -0.116. The molecule has 0 radical (unpaired) electrons. The summed E-state index contributed by atoms with van der Waals surface area (Å²) in [7, 11) is 0. The first-order chi connectivity index (χ1) is 14.5. The van der Waals surface area contributed by atoms with Crippen molar-refractivity contribution in [3.63, 3.8) is 0 Å². The molecular formula is C22H23N3O4S. The Labute approximate surface area is 177 Å². The van der Waals surface area contributed by atoms with E-state index < -0.39 is 11.9 Å². The van der Waals surface area contributed by atoms with E-state index in [1.54, 1.807) is 13.0 Å². The maximum Gasteiger partial charge on any atom is 0.374 e. The molecule has 156 valence electrons. The van der Waals surface area contributed by atoms with Crippen LogP contribution in [0.1, 0.15) is 46.4 Å². The van der Waals surface area contributed by atoms with Crippen LogP contribution in [0.4, 0.5) is 5.69 Å². The lowest BCUT2D eigenvalue weighted by Crippen LogP contribution is -2.33. The zero-order chi connectivity index (χ0) is 21.3. The van der Waals surface area contributed by atoms with Gasteiger partial charge in [-0.05, 0) is 62.8 Å². The maximum atomic E-state index is 13.4. The van der Waals surface area contributed by atoms with Gasteiger partial charge < -0.3 is 10.1 Å². The molecule has 0 saturated carbocycles. The van der Waals surface area contributed by atoms with Gasteiger partial charge in [0.1, 0.15) is 11.4 Å². The van der Waals surface area contributed by atoms with Gasteiger partial charge in [0.05, 0.1) is 12.0 Å². The fourth-order valence-corrected chi connectivity index (χ4v) is 5.06. The van der Waals surface area contributed by atoms with Crippen LogP contribution in [0.5, 0.6) is 0 Å². The van der Waals surface area contributed by atoms with E-state index in [4.69, 9.17) is 4.74 Å². The average Bonchev–Trinajstić information content (AvgIpc) is 3.08. The zero-order valence-corrected chi connectivity index (χ0v) is 17.8. The molecule has 30 heavy (non-hydrogen) atoms. The smallest absolute Gasteiger partial charge is 0.374 e. The standard InChI is InChI=1S/C22H23N3O4S/c1-3-29-22(28)19-24-20-18(15-9-4-5-10-16(15)30-20)21(27)25(19)12-17(26)23-14-8-6-7-13(2)11-14/h6-8,11H,3-5,9-10,12H2,1-2H3,(H,23,26). The van der Waals surface area contributed by atoms with Crippen molar-refractivity contribution in [2.24, 2.45) is 0 Å². The van der Waals surface area contributed by atoms with E-state index in [1.165, 1.54) is 11.3 Å². The Morgan fingerprint density at radius 1 is 1.27 bits per heavy atom. The molecule has 0 fully saturated rings. The molecule has 1 aromatic carbocycles. The minimum absolute atomic E-state index is 0.132. The van der Waals surface area contributed by atoms with Crippen molar-refractivity contribution in [3.05, 3.63) is 56.4 Å². The van der Waals surface area contributed by atoms with E-state index in [0.717, 1.165) is 46.3 Å². The lowest BCUT2D eigenvalue weighted by Gasteiger charge is -2.13. The van der Waals surface area contributed by atoms with Gasteiger partial charge >= 0.3 is 5.97 Å². The van der Waals surface area contributed by atoms with Crippen molar-refractivity contribution in [1.82, 2.24) is 9.55 Å². The third-order valence-electron chi connectivity index (χ3n) is 5.14. The minimum atomic E-state index is -0.703. The Kier molecular flexibility index (Phi) is 5.67. The molecule has 0 saturated heterocycles. The van der Waals surface area contributed by atoms with Gasteiger partial charge in [-0.2, -0.15) is 0 Å². The van der Waals surface area contributed by atoms with E-state index in [1.807, 2.05) is 25.1 Å². The molecule has 1 aliphatic carbocycles. The number of aryl methyl sites for hydroxylation is 3. The number of rotatable bonds is 5. The van der Waals surface area contributed by atoms with E-state index in [2.05, 4.69) is 10.3 Å². The van der Waals surface area contributed by atoms with E-state index in [9.17, 15) is 14.4 Å². The van der Waals surface area contributed by atoms with Crippen molar-refractivity contribution >= 4 is 39.1 Å². The SMILES string of the molecule is CCOC(=O)c1nc2sc3c(c2c(=O)n1CC(=O)Nc1cccc(C)c1)CCCC3. The minimum Gasteiger partial charge on any atom is -0.460 e. The highest BCUT2D eigenvalue weighted by Crippen LogP contribution is 2.33. The number of ether oxygens (including phenoxy) is 1. The van der Waals surface area contributed by atoms with Crippen LogP contribution in [0.15, 0.2) is 29.1 Å². The summed E-state index contributed by atoms with van der Waals surface area (Å²) in [5.41, 5.74) is 2.29. The first kappa shape index (κ1) is 20.3. The molecule has 0 bridgehead atoms. The monoisotopic (exact) mass is 425 g/mol. The number of fused-ring (bicyclic) bond motifs is 3. The second-order valence-corrected chi connectivity index (χ2v) is 8.44. The van der Waals surface area contributed by atoms with Gasteiger partial charge in [-0.25, -0.2) is 9.78 Å². The Hall–Kier alpha value is -3.00. The Morgan fingerprint density at radius 3 is 2.83 bits per heavy atom. The van der Waals surface area contributed by atoms with Crippen molar-refractivity contribution < 1.29 is 14.3 Å². The quantitative estimate of drug-likeness (QED) is 0.632. The number of thiophene rings is 1. The van der Waals surface area contributed by atoms with Gasteiger partial charge in [-0.15, -0.1) is 11.3 Å². The van der Waals surface area contributed by atoms with Gasteiger partial charge in [0.15, 0.2) is 0 Å². The van der Waals surface area contributed by atoms with Crippen molar-refractivity contribution in [1.29, 1.82) is 0 Å². The predicted molar refractivity (Wildman–Crippen MR) is 116 cm³/mol. The van der Waals surface area contributed by atoms with Crippen LogP contribution in [0.3, 0.4) is 0 Å². The molecular weight excluding hydrogens is 402 g/mol. The highest BCUT2D eigenvalue weighted by Gasteiger charge is 2.26. The van der Waals surface area contributed by atoms with Crippen LogP contribution in [-0.4, -0.2) is 28.0 Å². The number of benzene rings is 1. The summed E-state index contributed by atoms with van der Waals surface area (Å²) in [6, 6.07) is 7.38. The zero-order valence-electron chi connectivity index (χ0n) is 17.0. The molecule has 3 aromatic rings. The van der Waals surface area contributed by atoms with Gasteiger partial charge in [0, 0.05) is 10.6 Å². The van der Waals surface area contributed by atoms with E-state index in [0.29, 0.717) is 15.9 Å². The second-order valence-electron chi connectivity index (χ2n) is 7.36. The molecule has 2 heterocycles. The van der Waals surface area contributed by atoms with Crippen molar-refractivity contribution in [2.45, 2.75) is 46.1 Å². The van der Waals surface area contributed by atoms with Crippen LogP contribution in [-0.2, 0) is 28.9 Å². The first-order valence-corrected chi connectivity index (χ1v) is 10.9. The molecule has 0 unspecified atom stereocenters. The molecule has 0 atom stereocenters. The molecule has 4 rings (SSSR count). The number of nitrogens with zero attached hydrogens (tertiary/aromatic N) is 2. The highest BCUT2D eigenvalue weighted by atomic mass is 32.1. The first-order valence-electron chi connectivity index (χ1n) is 10.1. The number of esters is 1. The normalized spacial score (nSPS) is 13.1. The molecule has 1 N–H and O–H groups in total. The predicted octanol–water partition coefficient (Wildman–Crippen LogP) is 3.46. The highest BCUT2D eigenvalue weighted by molar-refractivity contribution is 7.18. The van der Waals surface area contributed by atoms with Crippen LogP contribution < -0.4 is 10.9 Å². The number of anilines is 1. The van der Waals surface area contributed by atoms with Crippen LogP contribution in [0.2, 0.25) is 0 Å². The van der Waals surface area contributed by atoms with E-state index >= 15 is 0 Å². The third kappa shape index (κ3) is 3.87. The molecule has 1 aliphatic rings. The lowest BCUT2D eigenvalue weighted by atomic mass is 9.97. The maximum absolute atomic E-state index is 13.4. The number of carbonyl (C=O) groups excluding carboxylic acids is 2. The fraction of sp³-hybridized carbons (Fsp3) is 0.364. The van der Waals surface area contributed by atoms with E-state index in [-0.39, 0.29) is 24.5 Å².